The van der Waals surface area contributed by atoms with Crippen molar-refractivity contribution in [2.45, 2.75) is 4.90 Å². The van der Waals surface area contributed by atoms with Crippen LogP contribution < -0.4 is 14.4 Å². The van der Waals surface area contributed by atoms with Gasteiger partial charge in [-0.3, -0.25) is 0 Å². The van der Waals surface area contributed by atoms with E-state index in [0.717, 1.165) is 0 Å². The third kappa shape index (κ3) is 4.12. The van der Waals surface area contributed by atoms with Crippen molar-refractivity contribution in [2.24, 2.45) is 0 Å². The monoisotopic (exact) mass is 499 g/mol. The fourth-order valence-corrected chi connectivity index (χ4v) is 5.43. The van der Waals surface area contributed by atoms with Crippen LogP contribution in [0.5, 0.6) is 11.5 Å². The fraction of sp³-hybridized carbons (Fsp3) is 0.273. The first-order valence-corrected chi connectivity index (χ1v) is 12.2. The lowest BCUT2D eigenvalue weighted by Gasteiger charge is -2.34. The van der Waals surface area contributed by atoms with Crippen LogP contribution in [0.3, 0.4) is 0 Å². The van der Waals surface area contributed by atoms with E-state index in [0.29, 0.717) is 47.3 Å². The van der Waals surface area contributed by atoms with E-state index in [9.17, 15) is 12.8 Å². The number of fused-ring (bicyclic) bond motifs is 1. The van der Waals surface area contributed by atoms with Crippen molar-refractivity contribution in [3.05, 3.63) is 54.6 Å². The Morgan fingerprint density at radius 2 is 1.63 bits per heavy atom. The number of hydrogen-bond acceptors (Lipinski definition) is 9. The van der Waals surface area contributed by atoms with E-state index in [-0.39, 0.29) is 23.8 Å². The maximum Gasteiger partial charge on any atom is 0.243 e. The SMILES string of the molecule is COc1ccc(S(=O)(=O)N2CCN(c3ncnc4c3nnn4-c3ccc(F)cc3)CC2)cc1OC. The van der Waals surface area contributed by atoms with Gasteiger partial charge in [-0.2, -0.15) is 8.99 Å². The minimum Gasteiger partial charge on any atom is -0.493 e. The number of halogens is 1. The minimum atomic E-state index is -3.73. The Morgan fingerprint density at radius 3 is 2.31 bits per heavy atom. The molecule has 2 aromatic heterocycles. The smallest absolute Gasteiger partial charge is 0.243 e. The topological polar surface area (TPSA) is 116 Å². The molecule has 0 bridgehead atoms. The summed E-state index contributed by atoms with van der Waals surface area (Å²) >= 11 is 0. The molecule has 1 aliphatic rings. The Hall–Kier alpha value is -3.84. The van der Waals surface area contributed by atoms with Gasteiger partial charge in [0.25, 0.3) is 0 Å². The van der Waals surface area contributed by atoms with Crippen LogP contribution in [0.1, 0.15) is 0 Å². The van der Waals surface area contributed by atoms with E-state index >= 15 is 0 Å². The number of anilines is 1. The van der Waals surface area contributed by atoms with Crippen LogP contribution in [0.15, 0.2) is 53.7 Å². The molecule has 0 saturated carbocycles. The average Bonchev–Trinajstić information content (AvgIpc) is 3.33. The van der Waals surface area contributed by atoms with E-state index in [1.165, 1.54) is 53.8 Å². The van der Waals surface area contributed by atoms with Crippen LogP contribution in [0, 0.1) is 5.82 Å². The predicted molar refractivity (Wildman–Crippen MR) is 125 cm³/mol. The van der Waals surface area contributed by atoms with Crippen molar-refractivity contribution < 1.29 is 22.3 Å². The summed E-state index contributed by atoms with van der Waals surface area (Å²) in [5.74, 6) is 1.01. The second-order valence-corrected chi connectivity index (χ2v) is 9.69. The molecule has 11 nitrogen and oxygen atoms in total. The second-order valence-electron chi connectivity index (χ2n) is 7.76. The lowest BCUT2D eigenvalue weighted by atomic mass is 10.3. The molecule has 1 fully saturated rings. The van der Waals surface area contributed by atoms with Crippen molar-refractivity contribution in [1.82, 2.24) is 29.3 Å². The highest BCUT2D eigenvalue weighted by atomic mass is 32.2. The molecule has 0 spiro atoms. The van der Waals surface area contributed by atoms with Crippen molar-refractivity contribution in [2.75, 3.05) is 45.3 Å². The van der Waals surface area contributed by atoms with Crippen LogP contribution in [0.4, 0.5) is 10.2 Å². The lowest BCUT2D eigenvalue weighted by Crippen LogP contribution is -2.49. The molecule has 3 heterocycles. The molecule has 1 aliphatic heterocycles. The van der Waals surface area contributed by atoms with E-state index in [1.807, 2.05) is 4.90 Å². The summed E-state index contributed by atoms with van der Waals surface area (Å²) in [6.07, 6.45) is 1.41. The van der Waals surface area contributed by atoms with E-state index in [4.69, 9.17) is 9.47 Å². The van der Waals surface area contributed by atoms with Gasteiger partial charge in [0.15, 0.2) is 28.5 Å². The largest absolute Gasteiger partial charge is 0.493 e. The molecule has 0 atom stereocenters. The van der Waals surface area contributed by atoms with E-state index in [1.54, 1.807) is 18.2 Å². The molecule has 182 valence electrons. The van der Waals surface area contributed by atoms with Gasteiger partial charge in [0.1, 0.15) is 12.1 Å². The van der Waals surface area contributed by atoms with Gasteiger partial charge in [0.05, 0.1) is 24.8 Å². The molecule has 0 aliphatic carbocycles. The molecule has 13 heteroatoms. The summed E-state index contributed by atoms with van der Waals surface area (Å²) in [5, 5.41) is 8.40. The molecule has 2 aromatic carbocycles. The normalized spacial score (nSPS) is 14.9. The summed E-state index contributed by atoms with van der Waals surface area (Å²) in [5.41, 5.74) is 1.57. The number of hydrogen-bond donors (Lipinski definition) is 0. The first-order chi connectivity index (χ1) is 16.9. The standard InChI is InChI=1S/C22H22FN7O4S/c1-33-18-8-7-17(13-19(18)34-2)35(31,32)29-11-9-28(10-12-29)21-20-22(25-14-24-21)30(27-26-20)16-5-3-15(23)4-6-16/h3-8,13-14H,9-12H2,1-2H3. The Labute approximate surface area is 200 Å². The summed E-state index contributed by atoms with van der Waals surface area (Å²) in [6.45, 7) is 1.33. The minimum absolute atomic E-state index is 0.135. The molecule has 0 amide bonds. The van der Waals surface area contributed by atoms with Gasteiger partial charge in [-0.05, 0) is 36.4 Å². The first-order valence-electron chi connectivity index (χ1n) is 10.7. The molecule has 4 aromatic rings. The van der Waals surface area contributed by atoms with Gasteiger partial charge < -0.3 is 14.4 Å². The molecule has 1 saturated heterocycles. The summed E-state index contributed by atoms with van der Waals surface area (Å²) in [4.78, 5) is 10.8. The lowest BCUT2D eigenvalue weighted by molar-refractivity contribution is 0.353. The van der Waals surface area contributed by atoms with E-state index < -0.39 is 10.0 Å². The molecule has 5 rings (SSSR count). The maximum atomic E-state index is 13.3. The first kappa shape index (κ1) is 22.9. The number of sulfonamides is 1. The quantitative estimate of drug-likeness (QED) is 0.392. The number of nitrogens with zero attached hydrogens (tertiary/aromatic N) is 7. The van der Waals surface area contributed by atoms with Gasteiger partial charge in [0.2, 0.25) is 10.0 Å². The van der Waals surface area contributed by atoms with Crippen LogP contribution in [0.2, 0.25) is 0 Å². The van der Waals surface area contributed by atoms with Crippen molar-refractivity contribution >= 4 is 27.0 Å². The van der Waals surface area contributed by atoms with Crippen LogP contribution >= 0.6 is 0 Å². The number of methoxy groups -OCH3 is 2. The molecule has 35 heavy (non-hydrogen) atoms. The van der Waals surface area contributed by atoms with E-state index in [2.05, 4.69) is 20.3 Å². The Bertz CT molecular complexity index is 1470. The Balaban J connectivity index is 1.37. The summed E-state index contributed by atoms with van der Waals surface area (Å²) in [6, 6.07) is 10.4. The highest BCUT2D eigenvalue weighted by molar-refractivity contribution is 7.89. The summed E-state index contributed by atoms with van der Waals surface area (Å²) < 4.78 is 53.2. The predicted octanol–water partition coefficient (Wildman–Crippen LogP) is 1.88. The number of piperazine rings is 1. The highest BCUT2D eigenvalue weighted by Crippen LogP contribution is 2.31. The van der Waals surface area contributed by atoms with Crippen molar-refractivity contribution in [1.29, 1.82) is 0 Å². The fourth-order valence-electron chi connectivity index (χ4n) is 3.99. The molecule has 0 unspecified atom stereocenters. The van der Waals surface area contributed by atoms with Crippen LogP contribution in [-0.4, -0.2) is 78.1 Å². The van der Waals surface area contributed by atoms with Crippen molar-refractivity contribution in [3.8, 4) is 17.2 Å². The van der Waals surface area contributed by atoms with Crippen LogP contribution in [0.25, 0.3) is 16.9 Å². The summed E-state index contributed by atoms with van der Waals surface area (Å²) in [7, 11) is -0.774. The zero-order chi connectivity index (χ0) is 24.6. The molecule has 0 N–H and O–H groups in total. The highest BCUT2D eigenvalue weighted by Gasteiger charge is 2.31. The van der Waals surface area contributed by atoms with Crippen molar-refractivity contribution in [3.63, 3.8) is 0 Å². The second kappa shape index (κ2) is 9.07. The van der Waals surface area contributed by atoms with Gasteiger partial charge in [0, 0.05) is 32.2 Å². The Morgan fingerprint density at radius 1 is 0.914 bits per heavy atom. The number of aromatic nitrogens is 5. The molecular formula is C22H22FN7O4S. The van der Waals surface area contributed by atoms with Gasteiger partial charge in [-0.15, -0.1) is 5.10 Å². The third-order valence-corrected chi connectivity index (χ3v) is 7.72. The number of benzene rings is 2. The van der Waals surface area contributed by atoms with Gasteiger partial charge >= 0.3 is 0 Å². The van der Waals surface area contributed by atoms with Gasteiger partial charge in [-0.25, -0.2) is 22.8 Å². The number of rotatable bonds is 6. The maximum absolute atomic E-state index is 13.3. The Kier molecular flexibility index (Phi) is 5.94. The average molecular weight is 500 g/mol. The zero-order valence-electron chi connectivity index (χ0n) is 19.0. The van der Waals surface area contributed by atoms with Gasteiger partial charge in [-0.1, -0.05) is 5.21 Å². The third-order valence-electron chi connectivity index (χ3n) is 5.82. The zero-order valence-corrected chi connectivity index (χ0v) is 19.8. The molecule has 0 radical (unpaired) electrons. The van der Waals surface area contributed by atoms with Crippen LogP contribution in [-0.2, 0) is 10.0 Å². The molecular weight excluding hydrogens is 477 g/mol. The number of ether oxygens (including phenoxy) is 2.